The van der Waals surface area contributed by atoms with Crippen molar-refractivity contribution in [1.29, 1.82) is 0 Å². The van der Waals surface area contributed by atoms with Crippen LogP contribution in [0.25, 0.3) is 5.57 Å². The molecule has 0 aromatic heterocycles. The summed E-state index contributed by atoms with van der Waals surface area (Å²) in [6.45, 7) is 4.03. The number of benzene rings is 2. The van der Waals surface area contributed by atoms with Gasteiger partial charge in [-0.25, -0.2) is 0 Å². The molecule has 0 unspecified atom stereocenters. The first kappa shape index (κ1) is 16.3. The van der Waals surface area contributed by atoms with E-state index in [1.165, 1.54) is 12.6 Å². The molecule has 4 nitrogen and oxygen atoms in total. The number of hydrogen-bond acceptors (Lipinski definition) is 3. The number of rotatable bonds is 3. The van der Waals surface area contributed by atoms with Crippen LogP contribution in [0.3, 0.4) is 0 Å². The fraction of sp³-hybridized carbons (Fsp3) is 0.158. The Labute approximate surface area is 145 Å². The quantitative estimate of drug-likeness (QED) is 0.865. The lowest BCUT2D eigenvalue weighted by atomic mass is 10.0. The van der Waals surface area contributed by atoms with E-state index in [9.17, 15) is 9.59 Å². The summed E-state index contributed by atoms with van der Waals surface area (Å²) in [5, 5.41) is 3.69. The molecular weight excluding hydrogens is 324 g/mol. The van der Waals surface area contributed by atoms with Crippen LogP contribution in [0.5, 0.6) is 0 Å². The molecule has 1 aliphatic heterocycles. The van der Waals surface area contributed by atoms with Gasteiger partial charge in [0.2, 0.25) is 0 Å². The van der Waals surface area contributed by atoms with E-state index in [1.54, 1.807) is 24.3 Å². The summed E-state index contributed by atoms with van der Waals surface area (Å²) < 4.78 is 0. The number of aryl methyl sites for hydroxylation is 2. The maximum atomic E-state index is 12.5. The second kappa shape index (κ2) is 6.13. The van der Waals surface area contributed by atoms with Gasteiger partial charge in [-0.3, -0.25) is 14.5 Å². The molecule has 0 atom stereocenters. The van der Waals surface area contributed by atoms with Gasteiger partial charge in [-0.05, 0) is 54.8 Å². The highest BCUT2D eigenvalue weighted by molar-refractivity contribution is 6.36. The Hall–Kier alpha value is -2.59. The molecule has 2 amide bonds. The number of nitrogens with zero attached hydrogens (tertiary/aromatic N) is 1. The molecule has 0 bridgehead atoms. The van der Waals surface area contributed by atoms with Crippen LogP contribution in [-0.4, -0.2) is 23.8 Å². The van der Waals surface area contributed by atoms with Crippen LogP contribution >= 0.6 is 11.6 Å². The van der Waals surface area contributed by atoms with E-state index >= 15 is 0 Å². The third-order valence-corrected chi connectivity index (χ3v) is 4.45. The largest absolute Gasteiger partial charge is 0.350 e. The highest BCUT2D eigenvalue weighted by atomic mass is 35.5. The number of nitrogens with one attached hydrogen (secondary N) is 1. The van der Waals surface area contributed by atoms with E-state index in [1.807, 2.05) is 32.0 Å². The van der Waals surface area contributed by atoms with Crippen molar-refractivity contribution in [1.82, 2.24) is 4.90 Å². The molecule has 3 rings (SSSR count). The first-order valence-corrected chi connectivity index (χ1v) is 7.93. The zero-order valence-corrected chi connectivity index (χ0v) is 14.4. The zero-order valence-electron chi connectivity index (χ0n) is 13.7. The summed E-state index contributed by atoms with van der Waals surface area (Å²) in [5.74, 6) is -0.670. The monoisotopic (exact) mass is 340 g/mol. The number of carbonyl (C=O) groups is 2. The van der Waals surface area contributed by atoms with Crippen molar-refractivity contribution in [2.75, 3.05) is 12.4 Å². The summed E-state index contributed by atoms with van der Waals surface area (Å²) in [5.41, 5.74) is 4.35. The third kappa shape index (κ3) is 2.81. The van der Waals surface area contributed by atoms with Gasteiger partial charge in [0.1, 0.15) is 5.70 Å². The van der Waals surface area contributed by atoms with Crippen LogP contribution in [0.4, 0.5) is 5.69 Å². The fourth-order valence-corrected chi connectivity index (χ4v) is 2.73. The predicted molar refractivity (Wildman–Crippen MR) is 95.7 cm³/mol. The predicted octanol–water partition coefficient (Wildman–Crippen LogP) is 3.78. The molecule has 2 aromatic carbocycles. The fourth-order valence-electron chi connectivity index (χ4n) is 2.61. The first-order chi connectivity index (χ1) is 11.4. The molecule has 1 N–H and O–H groups in total. The summed E-state index contributed by atoms with van der Waals surface area (Å²) in [6.07, 6.45) is 0. The Bertz CT molecular complexity index is 869. The second-order valence-electron chi connectivity index (χ2n) is 5.85. The number of anilines is 1. The van der Waals surface area contributed by atoms with Crippen molar-refractivity contribution in [3.05, 3.63) is 69.9 Å². The topological polar surface area (TPSA) is 49.4 Å². The minimum absolute atomic E-state index is 0.285. The Kier molecular flexibility index (Phi) is 4.16. The van der Waals surface area contributed by atoms with Crippen molar-refractivity contribution in [3.8, 4) is 0 Å². The van der Waals surface area contributed by atoms with Crippen LogP contribution in [-0.2, 0) is 9.59 Å². The van der Waals surface area contributed by atoms with Gasteiger partial charge in [0.05, 0.1) is 5.57 Å². The average molecular weight is 341 g/mol. The number of halogens is 1. The Balaban J connectivity index is 2.08. The lowest BCUT2D eigenvalue weighted by molar-refractivity contribution is -0.135. The Morgan fingerprint density at radius 1 is 0.917 bits per heavy atom. The van der Waals surface area contributed by atoms with E-state index in [4.69, 9.17) is 11.6 Å². The zero-order chi connectivity index (χ0) is 17.4. The van der Waals surface area contributed by atoms with Crippen LogP contribution in [0, 0.1) is 13.8 Å². The molecule has 0 saturated carbocycles. The van der Waals surface area contributed by atoms with Crippen LogP contribution in [0.1, 0.15) is 16.7 Å². The van der Waals surface area contributed by atoms with E-state index < -0.39 is 0 Å². The van der Waals surface area contributed by atoms with Gasteiger partial charge in [-0.15, -0.1) is 0 Å². The molecule has 0 spiro atoms. The van der Waals surface area contributed by atoms with Crippen LogP contribution < -0.4 is 5.32 Å². The van der Waals surface area contributed by atoms with E-state index in [0.717, 1.165) is 16.2 Å². The van der Waals surface area contributed by atoms with Crippen molar-refractivity contribution < 1.29 is 9.59 Å². The molecule has 1 heterocycles. The molecule has 0 radical (unpaired) electrons. The van der Waals surface area contributed by atoms with Gasteiger partial charge in [0, 0.05) is 17.8 Å². The van der Waals surface area contributed by atoms with Gasteiger partial charge in [0.15, 0.2) is 0 Å². The molecule has 24 heavy (non-hydrogen) atoms. The van der Waals surface area contributed by atoms with E-state index in [2.05, 4.69) is 5.32 Å². The highest BCUT2D eigenvalue weighted by Crippen LogP contribution is 2.30. The van der Waals surface area contributed by atoms with E-state index in [-0.39, 0.29) is 17.5 Å². The Morgan fingerprint density at radius 2 is 1.58 bits per heavy atom. The number of hydrogen-bond donors (Lipinski definition) is 1. The number of imide groups is 1. The third-order valence-electron chi connectivity index (χ3n) is 4.20. The van der Waals surface area contributed by atoms with Crippen molar-refractivity contribution in [3.63, 3.8) is 0 Å². The molecule has 122 valence electrons. The minimum atomic E-state index is -0.344. The summed E-state index contributed by atoms with van der Waals surface area (Å²) in [7, 11) is 1.48. The molecule has 1 aliphatic rings. The average Bonchev–Trinajstić information content (AvgIpc) is 2.76. The molecule has 0 aliphatic carbocycles. The molecule has 0 saturated heterocycles. The van der Waals surface area contributed by atoms with Gasteiger partial charge in [-0.2, -0.15) is 0 Å². The molecule has 0 fully saturated rings. The summed E-state index contributed by atoms with van der Waals surface area (Å²) >= 11 is 5.92. The van der Waals surface area contributed by atoms with Crippen LogP contribution in [0.2, 0.25) is 5.02 Å². The summed E-state index contributed by atoms with van der Waals surface area (Å²) in [6, 6.07) is 12.7. The van der Waals surface area contributed by atoms with Crippen molar-refractivity contribution >= 4 is 34.7 Å². The van der Waals surface area contributed by atoms with Gasteiger partial charge in [-0.1, -0.05) is 29.8 Å². The SMILES string of the molecule is Cc1ccc(NC2=C(c3ccc(Cl)cc3)C(=O)N(C)C2=O)cc1C. The van der Waals surface area contributed by atoms with Crippen molar-refractivity contribution in [2.45, 2.75) is 13.8 Å². The number of amides is 2. The summed E-state index contributed by atoms with van der Waals surface area (Å²) in [4.78, 5) is 26.1. The maximum absolute atomic E-state index is 12.5. The second-order valence-corrected chi connectivity index (χ2v) is 6.29. The molecule has 5 heteroatoms. The number of carbonyl (C=O) groups excluding carboxylic acids is 2. The lowest BCUT2D eigenvalue weighted by Gasteiger charge is -2.10. The Morgan fingerprint density at radius 3 is 2.21 bits per heavy atom. The first-order valence-electron chi connectivity index (χ1n) is 7.55. The van der Waals surface area contributed by atoms with Gasteiger partial charge < -0.3 is 5.32 Å². The van der Waals surface area contributed by atoms with E-state index in [0.29, 0.717) is 16.2 Å². The number of likely N-dealkylation sites (N-methyl/N-ethyl adjacent to an activating group) is 1. The molecule has 2 aromatic rings. The smallest absolute Gasteiger partial charge is 0.277 e. The maximum Gasteiger partial charge on any atom is 0.277 e. The molecular formula is C19H17ClN2O2. The lowest BCUT2D eigenvalue weighted by Crippen LogP contribution is -2.27. The highest BCUT2D eigenvalue weighted by Gasteiger charge is 2.36. The standard InChI is InChI=1S/C19H17ClN2O2/c1-11-4-9-15(10-12(11)2)21-17-16(18(23)22(3)19(17)24)13-5-7-14(20)8-6-13/h4-10,21H,1-3H3. The van der Waals surface area contributed by atoms with Gasteiger partial charge in [0.25, 0.3) is 11.8 Å². The van der Waals surface area contributed by atoms with Crippen molar-refractivity contribution in [2.24, 2.45) is 0 Å². The minimum Gasteiger partial charge on any atom is -0.350 e. The normalized spacial score (nSPS) is 14.6. The van der Waals surface area contributed by atoms with Gasteiger partial charge >= 0.3 is 0 Å². The van der Waals surface area contributed by atoms with Crippen LogP contribution in [0.15, 0.2) is 48.2 Å².